The predicted molar refractivity (Wildman–Crippen MR) is 66.0 cm³/mol. The first-order valence-corrected chi connectivity index (χ1v) is 5.93. The molecule has 0 atom stereocenters. The Morgan fingerprint density at radius 2 is 2.47 bits per heavy atom. The van der Waals surface area contributed by atoms with Crippen LogP contribution in [0.15, 0.2) is 41.9 Å². The summed E-state index contributed by atoms with van der Waals surface area (Å²) in [5, 5.41) is 14.2. The van der Waals surface area contributed by atoms with Crippen LogP contribution in [0.2, 0.25) is 0 Å². The van der Waals surface area contributed by atoms with Crippen molar-refractivity contribution in [3.63, 3.8) is 0 Å². The van der Waals surface area contributed by atoms with E-state index in [9.17, 15) is 0 Å². The third-order valence-corrected chi connectivity index (χ3v) is 2.94. The fourth-order valence-electron chi connectivity index (χ4n) is 1.29. The first-order chi connectivity index (χ1) is 7.36. The first kappa shape index (κ1) is 12.0. The summed E-state index contributed by atoms with van der Waals surface area (Å²) < 4.78 is 0. The van der Waals surface area contributed by atoms with Gasteiger partial charge in [-0.3, -0.25) is 0 Å². The molecule has 0 unspecified atom stereocenters. The SMILES string of the molecule is C=C/C=C(\CCO)NCCc1cccs1. The van der Waals surface area contributed by atoms with E-state index in [2.05, 4.69) is 29.4 Å². The lowest BCUT2D eigenvalue weighted by Crippen LogP contribution is -2.17. The van der Waals surface area contributed by atoms with Crippen molar-refractivity contribution in [2.24, 2.45) is 0 Å². The Kier molecular flexibility index (Phi) is 5.81. The molecule has 0 aliphatic heterocycles. The maximum atomic E-state index is 8.83. The number of aliphatic hydroxyl groups is 1. The van der Waals surface area contributed by atoms with Gasteiger partial charge in [0.15, 0.2) is 0 Å². The standard InChI is InChI=1S/C12H17NOS/c1-2-4-11(7-9-14)13-8-6-12-5-3-10-15-12/h2-5,10,13-14H,1,6-9H2/b11-4+. The summed E-state index contributed by atoms with van der Waals surface area (Å²) in [4.78, 5) is 1.38. The molecule has 82 valence electrons. The van der Waals surface area contributed by atoms with Gasteiger partial charge in [-0.15, -0.1) is 11.3 Å². The third kappa shape index (κ3) is 4.81. The van der Waals surface area contributed by atoms with Gasteiger partial charge in [0.05, 0.1) is 0 Å². The van der Waals surface area contributed by atoms with E-state index in [-0.39, 0.29) is 6.61 Å². The monoisotopic (exact) mass is 223 g/mol. The number of allylic oxidation sites excluding steroid dienone is 2. The van der Waals surface area contributed by atoms with Crippen molar-refractivity contribution in [2.75, 3.05) is 13.2 Å². The van der Waals surface area contributed by atoms with Crippen LogP contribution in [0.4, 0.5) is 0 Å². The summed E-state index contributed by atoms with van der Waals surface area (Å²) in [5.74, 6) is 0. The van der Waals surface area contributed by atoms with Crippen LogP contribution in [-0.2, 0) is 6.42 Å². The van der Waals surface area contributed by atoms with E-state index in [4.69, 9.17) is 5.11 Å². The van der Waals surface area contributed by atoms with Crippen LogP contribution in [-0.4, -0.2) is 18.3 Å². The molecular formula is C12H17NOS. The first-order valence-electron chi connectivity index (χ1n) is 5.05. The van der Waals surface area contributed by atoms with E-state index in [1.807, 2.05) is 6.08 Å². The molecular weight excluding hydrogens is 206 g/mol. The lowest BCUT2D eigenvalue weighted by atomic mass is 10.2. The van der Waals surface area contributed by atoms with Gasteiger partial charge in [-0.05, 0) is 23.9 Å². The van der Waals surface area contributed by atoms with E-state index in [0.717, 1.165) is 18.7 Å². The third-order valence-electron chi connectivity index (χ3n) is 2.00. The smallest absolute Gasteiger partial charge is 0.0485 e. The molecule has 3 heteroatoms. The molecule has 0 saturated heterocycles. The van der Waals surface area contributed by atoms with E-state index < -0.39 is 0 Å². The molecule has 0 aromatic carbocycles. The minimum Gasteiger partial charge on any atom is -0.396 e. The van der Waals surface area contributed by atoms with Crippen molar-refractivity contribution in [2.45, 2.75) is 12.8 Å². The zero-order valence-corrected chi connectivity index (χ0v) is 9.59. The van der Waals surface area contributed by atoms with Crippen LogP contribution in [0, 0.1) is 0 Å². The topological polar surface area (TPSA) is 32.3 Å². The van der Waals surface area contributed by atoms with Gasteiger partial charge >= 0.3 is 0 Å². The van der Waals surface area contributed by atoms with Crippen LogP contribution < -0.4 is 5.32 Å². The van der Waals surface area contributed by atoms with Gasteiger partial charge in [0.2, 0.25) is 0 Å². The quantitative estimate of drug-likeness (QED) is 0.695. The summed E-state index contributed by atoms with van der Waals surface area (Å²) in [5.41, 5.74) is 1.05. The van der Waals surface area contributed by atoms with Crippen LogP contribution in [0.1, 0.15) is 11.3 Å². The molecule has 1 aromatic heterocycles. The second-order valence-corrected chi connectivity index (χ2v) is 4.19. The summed E-state index contributed by atoms with van der Waals surface area (Å²) >= 11 is 1.77. The van der Waals surface area contributed by atoms with Gasteiger partial charge in [0, 0.05) is 30.1 Å². The Labute approximate surface area is 95.0 Å². The molecule has 0 aliphatic rings. The Morgan fingerprint density at radius 3 is 3.07 bits per heavy atom. The number of hydrogen-bond acceptors (Lipinski definition) is 3. The molecule has 1 rings (SSSR count). The van der Waals surface area contributed by atoms with Gasteiger partial charge in [-0.1, -0.05) is 18.7 Å². The second-order valence-electron chi connectivity index (χ2n) is 3.16. The highest BCUT2D eigenvalue weighted by Gasteiger charge is 1.96. The Hall–Kier alpha value is -1.06. The Morgan fingerprint density at radius 1 is 1.60 bits per heavy atom. The predicted octanol–water partition coefficient (Wildman–Crippen LogP) is 2.33. The molecule has 0 spiro atoms. The highest BCUT2D eigenvalue weighted by atomic mass is 32.1. The zero-order chi connectivity index (χ0) is 10.9. The zero-order valence-electron chi connectivity index (χ0n) is 8.78. The molecule has 15 heavy (non-hydrogen) atoms. The maximum Gasteiger partial charge on any atom is 0.0485 e. The number of aliphatic hydroxyl groups excluding tert-OH is 1. The number of thiophene rings is 1. The van der Waals surface area contributed by atoms with E-state index in [1.165, 1.54) is 4.88 Å². The second kappa shape index (κ2) is 7.26. The molecule has 0 aliphatic carbocycles. The van der Waals surface area contributed by atoms with Crippen molar-refractivity contribution in [1.82, 2.24) is 5.32 Å². The van der Waals surface area contributed by atoms with Crippen LogP contribution in [0.25, 0.3) is 0 Å². The van der Waals surface area contributed by atoms with E-state index in [0.29, 0.717) is 6.42 Å². The summed E-state index contributed by atoms with van der Waals surface area (Å²) in [6.07, 6.45) is 5.34. The van der Waals surface area contributed by atoms with Gasteiger partial charge < -0.3 is 10.4 Å². The molecule has 1 heterocycles. The number of rotatable bonds is 7. The van der Waals surface area contributed by atoms with Crippen LogP contribution >= 0.6 is 11.3 Å². The average Bonchev–Trinajstić information content (AvgIpc) is 2.71. The van der Waals surface area contributed by atoms with E-state index in [1.54, 1.807) is 17.4 Å². The minimum absolute atomic E-state index is 0.172. The van der Waals surface area contributed by atoms with Crippen molar-refractivity contribution in [3.8, 4) is 0 Å². The molecule has 0 fully saturated rings. The summed E-state index contributed by atoms with van der Waals surface area (Å²) in [6, 6.07) is 4.20. The van der Waals surface area contributed by atoms with Crippen molar-refractivity contribution in [3.05, 3.63) is 46.8 Å². The number of nitrogens with one attached hydrogen (secondary N) is 1. The van der Waals surface area contributed by atoms with Gasteiger partial charge in [0.1, 0.15) is 0 Å². The van der Waals surface area contributed by atoms with Crippen molar-refractivity contribution < 1.29 is 5.11 Å². The summed E-state index contributed by atoms with van der Waals surface area (Å²) in [7, 11) is 0. The summed E-state index contributed by atoms with van der Waals surface area (Å²) in [6.45, 7) is 4.72. The molecule has 2 N–H and O–H groups in total. The normalized spacial score (nSPS) is 11.4. The molecule has 1 aromatic rings. The molecule has 0 saturated carbocycles. The lowest BCUT2D eigenvalue weighted by Gasteiger charge is -2.08. The van der Waals surface area contributed by atoms with Crippen molar-refractivity contribution >= 4 is 11.3 Å². The highest BCUT2D eigenvalue weighted by molar-refractivity contribution is 7.09. The van der Waals surface area contributed by atoms with Crippen LogP contribution in [0.5, 0.6) is 0 Å². The molecule has 0 radical (unpaired) electrons. The van der Waals surface area contributed by atoms with E-state index >= 15 is 0 Å². The fraction of sp³-hybridized carbons (Fsp3) is 0.333. The number of hydrogen-bond donors (Lipinski definition) is 2. The van der Waals surface area contributed by atoms with Gasteiger partial charge in [-0.25, -0.2) is 0 Å². The Bertz CT molecular complexity index is 303. The Balaban J connectivity index is 2.28. The molecule has 2 nitrogen and oxygen atoms in total. The van der Waals surface area contributed by atoms with Crippen molar-refractivity contribution in [1.29, 1.82) is 0 Å². The van der Waals surface area contributed by atoms with Crippen LogP contribution in [0.3, 0.4) is 0 Å². The largest absolute Gasteiger partial charge is 0.396 e. The van der Waals surface area contributed by atoms with Gasteiger partial charge in [-0.2, -0.15) is 0 Å². The fourth-order valence-corrected chi connectivity index (χ4v) is 2.00. The molecule has 0 amide bonds. The average molecular weight is 223 g/mol. The van der Waals surface area contributed by atoms with Gasteiger partial charge in [0.25, 0.3) is 0 Å². The highest BCUT2D eigenvalue weighted by Crippen LogP contribution is 2.08. The lowest BCUT2D eigenvalue weighted by molar-refractivity contribution is 0.296. The molecule has 0 bridgehead atoms. The minimum atomic E-state index is 0.172. The maximum absolute atomic E-state index is 8.83.